The number of aromatic nitrogens is 2. The van der Waals surface area contributed by atoms with Gasteiger partial charge in [-0.3, -0.25) is 0 Å². The van der Waals surface area contributed by atoms with Crippen LogP contribution < -0.4 is 10.1 Å². The average molecular weight is 306 g/mol. The molecule has 2 rings (SSSR count). The van der Waals surface area contributed by atoms with Gasteiger partial charge >= 0.3 is 0 Å². The van der Waals surface area contributed by atoms with Crippen LogP contribution in [0.1, 0.15) is 25.8 Å². The molecule has 4 nitrogen and oxygen atoms in total. The van der Waals surface area contributed by atoms with E-state index in [0.29, 0.717) is 5.02 Å². The van der Waals surface area contributed by atoms with Gasteiger partial charge in [-0.1, -0.05) is 24.9 Å². The third-order valence-corrected chi connectivity index (χ3v) is 3.44. The number of benzene rings is 1. The molecule has 0 aliphatic heterocycles. The van der Waals surface area contributed by atoms with Crippen molar-refractivity contribution in [1.29, 1.82) is 0 Å². The summed E-state index contributed by atoms with van der Waals surface area (Å²) in [5, 5.41) is 3.96. The lowest BCUT2D eigenvalue weighted by molar-refractivity contribution is 0.416. The molecule has 0 unspecified atom stereocenters. The molecule has 0 spiro atoms. The zero-order valence-electron chi connectivity index (χ0n) is 12.6. The Morgan fingerprint density at radius 3 is 2.71 bits per heavy atom. The molecule has 0 amide bonds. The molecule has 0 radical (unpaired) electrons. The minimum absolute atomic E-state index is 0.664. The second kappa shape index (κ2) is 7.27. The summed E-state index contributed by atoms with van der Waals surface area (Å²) in [7, 11) is 1.65. The number of hydrogen-bond acceptors (Lipinski definition) is 4. The molecule has 112 valence electrons. The predicted molar refractivity (Wildman–Crippen MR) is 87.2 cm³/mol. The van der Waals surface area contributed by atoms with Crippen LogP contribution in [0, 0.1) is 0 Å². The Morgan fingerprint density at radius 1 is 1.24 bits per heavy atom. The number of halogens is 1. The van der Waals surface area contributed by atoms with Gasteiger partial charge in [0.15, 0.2) is 0 Å². The van der Waals surface area contributed by atoms with Crippen molar-refractivity contribution in [2.45, 2.75) is 26.7 Å². The van der Waals surface area contributed by atoms with Crippen molar-refractivity contribution >= 4 is 17.4 Å². The Balaban J connectivity index is 2.62. The Morgan fingerprint density at radius 2 is 2.05 bits per heavy atom. The maximum Gasteiger partial charge on any atom is 0.133 e. The molecule has 0 fully saturated rings. The van der Waals surface area contributed by atoms with Crippen LogP contribution in [0.3, 0.4) is 0 Å². The van der Waals surface area contributed by atoms with E-state index in [4.69, 9.17) is 16.3 Å². The predicted octanol–water partition coefficient (Wildman–Crippen LogP) is 4.19. The minimum atomic E-state index is 0.664. The first-order valence-electron chi connectivity index (χ1n) is 7.12. The largest absolute Gasteiger partial charge is 0.496 e. The number of ether oxygens (including phenoxy) is 1. The highest BCUT2D eigenvalue weighted by Gasteiger charge is 2.16. The van der Waals surface area contributed by atoms with Crippen LogP contribution in [0.5, 0.6) is 5.75 Å². The van der Waals surface area contributed by atoms with E-state index < -0.39 is 0 Å². The van der Waals surface area contributed by atoms with Gasteiger partial charge in [0.1, 0.15) is 17.9 Å². The van der Waals surface area contributed by atoms with E-state index in [1.54, 1.807) is 13.4 Å². The molecule has 1 heterocycles. The number of anilines is 1. The van der Waals surface area contributed by atoms with E-state index in [1.807, 2.05) is 18.2 Å². The zero-order valence-corrected chi connectivity index (χ0v) is 13.4. The molecule has 0 atom stereocenters. The molecule has 1 aromatic carbocycles. The van der Waals surface area contributed by atoms with Crippen molar-refractivity contribution < 1.29 is 4.74 Å². The minimum Gasteiger partial charge on any atom is -0.496 e. The molecule has 0 bridgehead atoms. The zero-order chi connectivity index (χ0) is 15.2. The molecule has 2 aromatic rings. The van der Waals surface area contributed by atoms with Crippen molar-refractivity contribution in [1.82, 2.24) is 9.97 Å². The first-order valence-corrected chi connectivity index (χ1v) is 7.50. The van der Waals surface area contributed by atoms with Gasteiger partial charge in [-0.05, 0) is 31.5 Å². The standard InChI is InChI=1S/C16H20ClN3O/c1-4-6-12-15(19-10-20-16(12)18-5-2)13-9-11(17)7-8-14(13)21-3/h7-10H,4-6H2,1-3H3,(H,18,19,20). The summed E-state index contributed by atoms with van der Waals surface area (Å²) in [4.78, 5) is 8.83. The van der Waals surface area contributed by atoms with Gasteiger partial charge < -0.3 is 10.1 Å². The van der Waals surface area contributed by atoms with Crippen LogP contribution in [-0.2, 0) is 6.42 Å². The van der Waals surface area contributed by atoms with Crippen molar-refractivity contribution in [3.8, 4) is 17.0 Å². The van der Waals surface area contributed by atoms with Crippen molar-refractivity contribution in [2.24, 2.45) is 0 Å². The first kappa shape index (κ1) is 15.6. The molecule has 1 N–H and O–H groups in total. The van der Waals surface area contributed by atoms with E-state index in [-0.39, 0.29) is 0 Å². The van der Waals surface area contributed by atoms with Gasteiger partial charge in [-0.2, -0.15) is 0 Å². The van der Waals surface area contributed by atoms with E-state index in [1.165, 1.54) is 0 Å². The lowest BCUT2D eigenvalue weighted by atomic mass is 10.0. The fourth-order valence-electron chi connectivity index (χ4n) is 2.32. The summed E-state index contributed by atoms with van der Waals surface area (Å²) >= 11 is 6.14. The van der Waals surface area contributed by atoms with Gasteiger partial charge in [0.25, 0.3) is 0 Å². The monoisotopic (exact) mass is 305 g/mol. The Labute approximate surface area is 130 Å². The van der Waals surface area contributed by atoms with Crippen LogP contribution in [0.2, 0.25) is 5.02 Å². The first-order chi connectivity index (χ1) is 10.2. The molecule has 0 saturated heterocycles. The SMILES string of the molecule is CCCc1c(NCC)ncnc1-c1cc(Cl)ccc1OC. The second-order valence-electron chi connectivity index (χ2n) is 4.67. The molecule has 0 aliphatic carbocycles. The van der Waals surface area contributed by atoms with Crippen molar-refractivity contribution in [3.05, 3.63) is 35.1 Å². The van der Waals surface area contributed by atoms with Crippen molar-refractivity contribution in [2.75, 3.05) is 19.0 Å². The molecule has 0 saturated carbocycles. The summed E-state index contributed by atoms with van der Waals surface area (Å²) in [5.74, 6) is 1.64. The maximum absolute atomic E-state index is 6.14. The third kappa shape index (κ3) is 3.45. The quantitative estimate of drug-likeness (QED) is 0.869. The van der Waals surface area contributed by atoms with Crippen LogP contribution in [0.15, 0.2) is 24.5 Å². The van der Waals surface area contributed by atoms with Gasteiger partial charge in [0.05, 0.1) is 12.8 Å². The molecular weight excluding hydrogens is 286 g/mol. The molecule has 0 aliphatic rings. The average Bonchev–Trinajstić information content (AvgIpc) is 2.49. The molecular formula is C16H20ClN3O. The van der Waals surface area contributed by atoms with Crippen LogP contribution in [0.4, 0.5) is 5.82 Å². The highest BCUT2D eigenvalue weighted by atomic mass is 35.5. The normalized spacial score (nSPS) is 10.5. The summed E-state index contributed by atoms with van der Waals surface area (Å²) in [5.41, 5.74) is 2.87. The van der Waals surface area contributed by atoms with Gasteiger partial charge in [0.2, 0.25) is 0 Å². The Kier molecular flexibility index (Phi) is 5.39. The van der Waals surface area contributed by atoms with Crippen molar-refractivity contribution in [3.63, 3.8) is 0 Å². The van der Waals surface area contributed by atoms with Crippen LogP contribution in [-0.4, -0.2) is 23.6 Å². The topological polar surface area (TPSA) is 47.0 Å². The highest BCUT2D eigenvalue weighted by Crippen LogP contribution is 2.35. The van der Waals surface area contributed by atoms with Gasteiger partial charge in [-0.25, -0.2) is 9.97 Å². The highest BCUT2D eigenvalue weighted by molar-refractivity contribution is 6.31. The number of rotatable bonds is 6. The van der Waals surface area contributed by atoms with E-state index in [0.717, 1.165) is 47.8 Å². The maximum atomic E-state index is 6.14. The van der Waals surface area contributed by atoms with Crippen LogP contribution >= 0.6 is 11.6 Å². The van der Waals surface area contributed by atoms with E-state index >= 15 is 0 Å². The van der Waals surface area contributed by atoms with E-state index in [9.17, 15) is 0 Å². The fraction of sp³-hybridized carbons (Fsp3) is 0.375. The summed E-state index contributed by atoms with van der Waals surface area (Å²) in [6.45, 7) is 5.01. The summed E-state index contributed by atoms with van der Waals surface area (Å²) in [6.07, 6.45) is 3.49. The summed E-state index contributed by atoms with van der Waals surface area (Å²) < 4.78 is 5.45. The second-order valence-corrected chi connectivity index (χ2v) is 5.11. The number of hydrogen-bond donors (Lipinski definition) is 1. The lowest BCUT2D eigenvalue weighted by Crippen LogP contribution is -2.06. The van der Waals surface area contributed by atoms with Gasteiger partial charge in [-0.15, -0.1) is 0 Å². The smallest absolute Gasteiger partial charge is 0.133 e. The fourth-order valence-corrected chi connectivity index (χ4v) is 2.49. The number of nitrogens with zero attached hydrogens (tertiary/aromatic N) is 2. The number of nitrogens with one attached hydrogen (secondary N) is 1. The third-order valence-electron chi connectivity index (χ3n) is 3.21. The van der Waals surface area contributed by atoms with Gasteiger partial charge in [0, 0.05) is 22.7 Å². The van der Waals surface area contributed by atoms with E-state index in [2.05, 4.69) is 29.1 Å². The molecule has 1 aromatic heterocycles. The van der Waals surface area contributed by atoms with Crippen LogP contribution in [0.25, 0.3) is 11.3 Å². The molecule has 5 heteroatoms. The lowest BCUT2D eigenvalue weighted by Gasteiger charge is -2.15. The Bertz CT molecular complexity index is 616. The Hall–Kier alpha value is -1.81. The molecule has 21 heavy (non-hydrogen) atoms. The summed E-state index contributed by atoms with van der Waals surface area (Å²) in [6, 6.07) is 5.57. The number of methoxy groups -OCH3 is 1.